The lowest BCUT2D eigenvalue weighted by molar-refractivity contribution is -0.117. The second-order valence-corrected chi connectivity index (χ2v) is 8.35. The van der Waals surface area contributed by atoms with Crippen molar-refractivity contribution in [2.75, 3.05) is 17.3 Å². The van der Waals surface area contributed by atoms with Gasteiger partial charge in [0.05, 0.1) is 10.3 Å². The highest BCUT2D eigenvalue weighted by molar-refractivity contribution is 8.00. The molecule has 1 amide bonds. The fraction of sp³-hybridized carbons (Fsp3) is 0.250. The number of fused-ring (bicyclic) bond motifs is 1. The lowest BCUT2D eigenvalue weighted by atomic mass is 10.0. The summed E-state index contributed by atoms with van der Waals surface area (Å²) in [5, 5.41) is 9.00. The van der Waals surface area contributed by atoms with E-state index in [1.807, 2.05) is 48.2 Å². The van der Waals surface area contributed by atoms with E-state index in [0.717, 1.165) is 25.1 Å². The summed E-state index contributed by atoms with van der Waals surface area (Å²) in [5.74, 6) is 6.70. The van der Waals surface area contributed by atoms with Crippen LogP contribution in [-0.2, 0) is 11.2 Å². The van der Waals surface area contributed by atoms with E-state index in [-0.39, 0.29) is 11.2 Å². The van der Waals surface area contributed by atoms with E-state index < -0.39 is 0 Å². The van der Waals surface area contributed by atoms with Crippen molar-refractivity contribution in [3.8, 4) is 11.4 Å². The van der Waals surface area contributed by atoms with Gasteiger partial charge in [-0.15, -0.1) is 10.2 Å². The number of rotatable bonds is 4. The third-order valence-electron chi connectivity index (χ3n) is 4.79. The van der Waals surface area contributed by atoms with Crippen LogP contribution in [0, 0.1) is 0 Å². The van der Waals surface area contributed by atoms with Crippen molar-refractivity contribution < 1.29 is 4.79 Å². The molecule has 4 rings (SSSR count). The van der Waals surface area contributed by atoms with Crippen LogP contribution in [0.3, 0.4) is 0 Å². The summed E-state index contributed by atoms with van der Waals surface area (Å²) in [7, 11) is 0. The standard InChI is InChI=1S/C20H20ClN5OS/c1-13(19(27)25-12-6-8-14-7-2-5-11-17(14)25)28-20-24-23-18(26(20)22)15-9-3-4-10-16(15)21/h2-5,7,9-11,13H,6,8,12,22H2,1H3/t13-/m0/s1. The molecule has 1 aliphatic rings. The van der Waals surface area contributed by atoms with Gasteiger partial charge in [-0.25, -0.2) is 4.68 Å². The molecule has 1 atom stereocenters. The van der Waals surface area contributed by atoms with Crippen LogP contribution >= 0.6 is 23.4 Å². The van der Waals surface area contributed by atoms with Crippen molar-refractivity contribution in [1.82, 2.24) is 14.9 Å². The second kappa shape index (κ2) is 7.85. The number of carbonyl (C=O) groups is 1. The Hall–Kier alpha value is -2.51. The van der Waals surface area contributed by atoms with Gasteiger partial charge in [-0.1, -0.05) is 53.7 Å². The molecule has 0 spiro atoms. The molecule has 28 heavy (non-hydrogen) atoms. The van der Waals surface area contributed by atoms with E-state index >= 15 is 0 Å². The van der Waals surface area contributed by atoms with E-state index in [4.69, 9.17) is 17.4 Å². The summed E-state index contributed by atoms with van der Waals surface area (Å²) in [6.07, 6.45) is 1.96. The van der Waals surface area contributed by atoms with Gasteiger partial charge in [0.2, 0.25) is 11.1 Å². The molecule has 0 bridgehead atoms. The van der Waals surface area contributed by atoms with Crippen LogP contribution in [0.2, 0.25) is 5.02 Å². The molecule has 0 aliphatic carbocycles. The Labute approximate surface area is 172 Å². The van der Waals surface area contributed by atoms with Crippen molar-refractivity contribution in [2.24, 2.45) is 0 Å². The van der Waals surface area contributed by atoms with Crippen molar-refractivity contribution in [1.29, 1.82) is 0 Å². The zero-order valence-electron chi connectivity index (χ0n) is 15.4. The minimum atomic E-state index is -0.350. The van der Waals surface area contributed by atoms with Gasteiger partial charge in [0, 0.05) is 17.8 Å². The number of anilines is 1. The number of nitrogens with two attached hydrogens (primary N) is 1. The molecular weight excluding hydrogens is 394 g/mol. The molecule has 1 aliphatic heterocycles. The van der Waals surface area contributed by atoms with E-state index in [1.165, 1.54) is 22.0 Å². The maximum Gasteiger partial charge on any atom is 0.240 e. The number of hydrogen-bond acceptors (Lipinski definition) is 5. The number of para-hydroxylation sites is 1. The van der Waals surface area contributed by atoms with Crippen LogP contribution in [-0.4, -0.2) is 32.6 Å². The molecule has 0 radical (unpaired) electrons. The maximum atomic E-state index is 13.1. The van der Waals surface area contributed by atoms with E-state index in [2.05, 4.69) is 16.3 Å². The topological polar surface area (TPSA) is 77.0 Å². The summed E-state index contributed by atoms with van der Waals surface area (Å²) >= 11 is 7.54. The van der Waals surface area contributed by atoms with E-state index in [1.54, 1.807) is 6.07 Å². The van der Waals surface area contributed by atoms with Gasteiger partial charge in [0.1, 0.15) is 0 Å². The van der Waals surface area contributed by atoms with Crippen LogP contribution in [0.5, 0.6) is 0 Å². The number of carbonyl (C=O) groups excluding carboxylic acids is 1. The Kier molecular flexibility index (Phi) is 5.28. The molecule has 1 aromatic heterocycles. The molecule has 0 saturated heterocycles. The second-order valence-electron chi connectivity index (χ2n) is 6.64. The highest BCUT2D eigenvalue weighted by Crippen LogP contribution is 2.32. The van der Waals surface area contributed by atoms with Crippen LogP contribution in [0.1, 0.15) is 18.9 Å². The number of thioether (sulfide) groups is 1. The largest absolute Gasteiger partial charge is 0.335 e. The van der Waals surface area contributed by atoms with Crippen molar-refractivity contribution in [3.63, 3.8) is 0 Å². The Morgan fingerprint density at radius 1 is 1.18 bits per heavy atom. The SMILES string of the molecule is C[C@H](Sc1nnc(-c2ccccc2Cl)n1N)C(=O)N1CCCc2ccccc21. The van der Waals surface area contributed by atoms with Crippen molar-refractivity contribution >= 4 is 35.0 Å². The maximum absolute atomic E-state index is 13.1. The number of nitrogen functional groups attached to an aromatic ring is 1. The molecule has 2 heterocycles. The van der Waals surface area contributed by atoms with Gasteiger partial charge in [-0.05, 0) is 43.5 Å². The fourth-order valence-electron chi connectivity index (χ4n) is 3.37. The molecule has 2 aromatic carbocycles. The zero-order chi connectivity index (χ0) is 19.7. The monoisotopic (exact) mass is 413 g/mol. The molecule has 3 aromatic rings. The number of aryl methyl sites for hydroxylation is 1. The summed E-state index contributed by atoms with van der Waals surface area (Å²) in [4.78, 5) is 15.0. The minimum Gasteiger partial charge on any atom is -0.335 e. The van der Waals surface area contributed by atoms with Crippen molar-refractivity contribution in [2.45, 2.75) is 30.2 Å². The molecule has 144 valence electrons. The van der Waals surface area contributed by atoms with Gasteiger partial charge >= 0.3 is 0 Å². The number of aromatic nitrogens is 3. The van der Waals surface area contributed by atoms with Gasteiger partial charge in [0.25, 0.3) is 0 Å². The third kappa shape index (κ3) is 3.47. The number of benzene rings is 2. The quantitative estimate of drug-likeness (QED) is 0.520. The first-order chi connectivity index (χ1) is 13.6. The van der Waals surface area contributed by atoms with Gasteiger partial charge in [0.15, 0.2) is 5.82 Å². The first-order valence-corrected chi connectivity index (χ1v) is 10.3. The number of amides is 1. The highest BCUT2D eigenvalue weighted by Gasteiger charge is 2.28. The van der Waals surface area contributed by atoms with Crippen molar-refractivity contribution in [3.05, 3.63) is 59.1 Å². The number of nitrogens with zero attached hydrogens (tertiary/aromatic N) is 4. The molecule has 0 fully saturated rings. The summed E-state index contributed by atoms with van der Waals surface area (Å²) in [6.45, 7) is 2.59. The highest BCUT2D eigenvalue weighted by atomic mass is 35.5. The van der Waals surface area contributed by atoms with Crippen LogP contribution in [0.25, 0.3) is 11.4 Å². The number of hydrogen-bond donors (Lipinski definition) is 1. The van der Waals surface area contributed by atoms with Gasteiger partial charge < -0.3 is 10.7 Å². The van der Waals surface area contributed by atoms with Gasteiger partial charge in [-0.3, -0.25) is 4.79 Å². The number of halogens is 1. The Bertz CT molecular complexity index is 1020. The lowest BCUT2D eigenvalue weighted by Gasteiger charge is -2.31. The normalized spacial score (nSPS) is 14.6. The fourth-order valence-corrected chi connectivity index (χ4v) is 4.43. The minimum absolute atomic E-state index is 0.0412. The Morgan fingerprint density at radius 2 is 1.93 bits per heavy atom. The first-order valence-electron chi connectivity index (χ1n) is 9.07. The lowest BCUT2D eigenvalue weighted by Crippen LogP contribution is -2.40. The van der Waals surface area contributed by atoms with Crippen LogP contribution in [0.15, 0.2) is 53.7 Å². The van der Waals surface area contributed by atoms with Gasteiger partial charge in [-0.2, -0.15) is 0 Å². The van der Waals surface area contributed by atoms with Crippen LogP contribution in [0.4, 0.5) is 5.69 Å². The van der Waals surface area contributed by atoms with E-state index in [9.17, 15) is 4.79 Å². The Balaban J connectivity index is 1.54. The summed E-state index contributed by atoms with van der Waals surface area (Å²) in [5.41, 5.74) is 2.91. The Morgan fingerprint density at radius 3 is 2.75 bits per heavy atom. The molecule has 0 unspecified atom stereocenters. The predicted octanol–water partition coefficient (Wildman–Crippen LogP) is 3.77. The summed E-state index contributed by atoms with van der Waals surface area (Å²) < 4.78 is 1.39. The third-order valence-corrected chi connectivity index (χ3v) is 6.16. The smallest absolute Gasteiger partial charge is 0.240 e. The molecule has 2 N–H and O–H groups in total. The molecular formula is C20H20ClN5OS. The molecule has 6 nitrogen and oxygen atoms in total. The van der Waals surface area contributed by atoms with Crippen LogP contribution < -0.4 is 10.7 Å². The molecule has 8 heteroatoms. The first kappa shape index (κ1) is 18.8. The molecule has 0 saturated carbocycles. The van der Waals surface area contributed by atoms with E-state index in [0.29, 0.717) is 21.6 Å². The predicted molar refractivity (Wildman–Crippen MR) is 113 cm³/mol. The zero-order valence-corrected chi connectivity index (χ0v) is 17.0. The average Bonchev–Trinajstić information content (AvgIpc) is 3.07. The average molecular weight is 414 g/mol. The summed E-state index contributed by atoms with van der Waals surface area (Å²) in [6, 6.07) is 15.4.